The summed E-state index contributed by atoms with van der Waals surface area (Å²) in [7, 11) is 1.34. The number of aromatic nitrogens is 1. The molecule has 0 amide bonds. The molecule has 7 nitrogen and oxygen atoms in total. The molecule has 1 atom stereocenters. The van der Waals surface area contributed by atoms with Crippen LogP contribution in [0.3, 0.4) is 0 Å². The summed E-state index contributed by atoms with van der Waals surface area (Å²) in [6, 6.07) is 0.527. The fourth-order valence-electron chi connectivity index (χ4n) is 3.62. The third-order valence-electron chi connectivity index (χ3n) is 5.47. The maximum absolute atomic E-state index is 11.7. The average Bonchev–Trinajstić information content (AvgIpc) is 2.75. The highest BCUT2D eigenvalue weighted by Gasteiger charge is 2.29. The first-order chi connectivity index (χ1) is 15.0. The Morgan fingerprint density at radius 3 is 2.23 bits per heavy atom. The lowest BCUT2D eigenvalue weighted by molar-refractivity contribution is -0.712. The van der Waals surface area contributed by atoms with Crippen molar-refractivity contribution in [1.29, 1.82) is 0 Å². The molecule has 31 heavy (non-hydrogen) atoms. The quantitative estimate of drug-likeness (QED) is 0.0979. The lowest BCUT2D eigenvalue weighted by Gasteiger charge is -2.09. The topological polar surface area (TPSA) is 93.5 Å². The van der Waals surface area contributed by atoms with Gasteiger partial charge in [0.25, 0.3) is 11.8 Å². The molecule has 1 aromatic heterocycles. The molecule has 1 unspecified atom stereocenters. The van der Waals surface area contributed by atoms with E-state index in [0.29, 0.717) is 6.42 Å². The number of nitrogens with zero attached hydrogens (tertiary/aromatic N) is 2. The first-order valence-corrected chi connectivity index (χ1v) is 11.6. The zero-order valence-electron chi connectivity index (χ0n) is 19.1. The molecular formula is C24H39N2O5+. The molecule has 0 spiro atoms. The summed E-state index contributed by atoms with van der Waals surface area (Å²) in [5.41, 5.74) is -0.174. The molecule has 0 aliphatic rings. The van der Waals surface area contributed by atoms with E-state index >= 15 is 0 Å². The summed E-state index contributed by atoms with van der Waals surface area (Å²) < 4.78 is 6.53. The van der Waals surface area contributed by atoms with Crippen molar-refractivity contribution in [3.05, 3.63) is 40.7 Å². The number of allylic oxidation sites excluding steroid dienone is 2. The van der Waals surface area contributed by atoms with Crippen LogP contribution < -0.4 is 9.30 Å². The normalized spacial score (nSPS) is 12.2. The third kappa shape index (κ3) is 10.9. The summed E-state index contributed by atoms with van der Waals surface area (Å²) >= 11 is 0. The van der Waals surface area contributed by atoms with Crippen LogP contribution in [-0.2, 0) is 4.79 Å². The van der Waals surface area contributed by atoms with E-state index < -0.39 is 16.9 Å². The second-order valence-corrected chi connectivity index (χ2v) is 7.98. The molecule has 1 heterocycles. The Balaban J connectivity index is 2.27. The van der Waals surface area contributed by atoms with E-state index in [1.165, 1.54) is 75.1 Å². The first-order valence-electron chi connectivity index (χ1n) is 11.6. The minimum absolute atomic E-state index is 0.0616. The van der Waals surface area contributed by atoms with Gasteiger partial charge in [-0.1, -0.05) is 64.0 Å². The fraction of sp³-hybridized carbons (Fsp3) is 0.667. The minimum atomic E-state index is -0.946. The smallest absolute Gasteiger partial charge is 0.373 e. The molecule has 1 aromatic rings. The Morgan fingerprint density at radius 1 is 1.10 bits per heavy atom. The molecule has 0 aromatic carbocycles. The van der Waals surface area contributed by atoms with Crippen molar-refractivity contribution in [2.75, 3.05) is 7.11 Å². The van der Waals surface area contributed by atoms with Gasteiger partial charge in [0.15, 0.2) is 6.20 Å². The summed E-state index contributed by atoms with van der Waals surface area (Å²) in [5, 5.41) is 20.6. The molecule has 0 bridgehead atoms. The molecule has 0 saturated carbocycles. The highest BCUT2D eigenvalue weighted by molar-refractivity contribution is 5.69. The SMILES string of the molecule is CCCCCCCC/C=C\CCCCCCC(C(=O)O)[n+]1ccc([N+](=O)[O-])c(OC)c1. The van der Waals surface area contributed by atoms with Crippen molar-refractivity contribution >= 4 is 11.7 Å². The number of hydrogen-bond donors (Lipinski definition) is 1. The van der Waals surface area contributed by atoms with Crippen molar-refractivity contribution in [3.63, 3.8) is 0 Å². The number of methoxy groups -OCH3 is 1. The summed E-state index contributed by atoms with van der Waals surface area (Å²) in [5.74, 6) is -0.884. The Labute approximate surface area is 186 Å². The lowest BCUT2D eigenvalue weighted by atomic mass is 10.1. The van der Waals surface area contributed by atoms with Gasteiger partial charge in [0.1, 0.15) is 0 Å². The molecule has 0 aliphatic heterocycles. The number of rotatable bonds is 18. The van der Waals surface area contributed by atoms with Gasteiger partial charge in [0.05, 0.1) is 18.1 Å². The monoisotopic (exact) mass is 435 g/mol. The second kappa shape index (κ2) is 16.3. The number of hydrogen-bond acceptors (Lipinski definition) is 4. The van der Waals surface area contributed by atoms with E-state index in [4.69, 9.17) is 4.74 Å². The van der Waals surface area contributed by atoms with Crippen molar-refractivity contribution in [2.45, 2.75) is 96.4 Å². The molecule has 1 N–H and O–H groups in total. The van der Waals surface area contributed by atoms with Gasteiger partial charge in [-0.2, -0.15) is 4.57 Å². The van der Waals surface area contributed by atoms with E-state index in [2.05, 4.69) is 19.1 Å². The first kappa shape index (κ1) is 26.6. The van der Waals surface area contributed by atoms with E-state index in [9.17, 15) is 20.0 Å². The van der Waals surface area contributed by atoms with E-state index in [-0.39, 0.29) is 11.4 Å². The summed E-state index contributed by atoms with van der Waals surface area (Å²) in [6.07, 6.45) is 22.0. The Bertz CT molecular complexity index is 691. The number of carbonyl (C=O) groups is 1. The van der Waals surface area contributed by atoms with Gasteiger partial charge in [-0.05, 0) is 32.1 Å². The Hall–Kier alpha value is -2.44. The van der Waals surface area contributed by atoms with Crippen LogP contribution in [0.2, 0.25) is 0 Å². The summed E-state index contributed by atoms with van der Waals surface area (Å²) in [4.78, 5) is 22.1. The van der Waals surface area contributed by atoms with Crippen LogP contribution in [0.1, 0.15) is 96.4 Å². The number of ether oxygens (including phenoxy) is 1. The Kier molecular flexibility index (Phi) is 14.0. The largest absolute Gasteiger partial charge is 0.486 e. The maximum atomic E-state index is 11.7. The van der Waals surface area contributed by atoms with Gasteiger partial charge in [-0.3, -0.25) is 10.1 Å². The number of unbranched alkanes of at least 4 members (excludes halogenated alkanes) is 10. The van der Waals surface area contributed by atoms with Crippen LogP contribution in [0.4, 0.5) is 5.69 Å². The van der Waals surface area contributed by atoms with Crippen LogP contribution in [0.15, 0.2) is 30.6 Å². The van der Waals surface area contributed by atoms with E-state index in [1.54, 1.807) is 0 Å². The van der Waals surface area contributed by atoms with E-state index in [1.807, 2.05) is 0 Å². The molecule has 7 heteroatoms. The highest BCUT2D eigenvalue weighted by atomic mass is 16.6. The average molecular weight is 436 g/mol. The van der Waals surface area contributed by atoms with Crippen molar-refractivity contribution in [3.8, 4) is 5.75 Å². The molecule has 0 aliphatic carbocycles. The number of aliphatic carboxylic acids is 1. The maximum Gasteiger partial charge on any atom is 0.373 e. The van der Waals surface area contributed by atoms with Crippen molar-refractivity contribution < 1.29 is 24.1 Å². The standard InChI is InChI=1S/C24H38N2O5/c1-3-4-5-6-7-8-9-10-11-12-13-14-15-16-17-22(24(27)28)25-19-18-21(26(29)30)23(20-25)31-2/h10-11,18-20,22H,3-9,12-17H2,1-2H3/p+1/b11-10-. The fourth-order valence-corrected chi connectivity index (χ4v) is 3.62. The van der Waals surface area contributed by atoms with E-state index in [0.717, 1.165) is 32.1 Å². The minimum Gasteiger partial charge on any atom is -0.486 e. The van der Waals surface area contributed by atoms with Gasteiger partial charge >= 0.3 is 11.7 Å². The lowest BCUT2D eigenvalue weighted by Crippen LogP contribution is -2.43. The molecule has 1 rings (SSSR count). The summed E-state index contributed by atoms with van der Waals surface area (Å²) in [6.45, 7) is 2.24. The van der Waals surface area contributed by atoms with Gasteiger partial charge in [-0.15, -0.1) is 0 Å². The number of carboxylic acids is 1. The van der Waals surface area contributed by atoms with Crippen molar-refractivity contribution in [2.24, 2.45) is 0 Å². The highest BCUT2D eigenvalue weighted by Crippen LogP contribution is 2.24. The third-order valence-corrected chi connectivity index (χ3v) is 5.47. The van der Waals surface area contributed by atoms with Crippen LogP contribution in [0.5, 0.6) is 5.75 Å². The number of pyridine rings is 1. The number of nitro groups is 1. The second-order valence-electron chi connectivity index (χ2n) is 7.98. The Morgan fingerprint density at radius 2 is 1.68 bits per heavy atom. The number of carboxylic acid groups (broad SMARTS) is 1. The van der Waals surface area contributed by atoms with Crippen LogP contribution in [-0.4, -0.2) is 23.1 Å². The molecule has 0 fully saturated rings. The van der Waals surface area contributed by atoms with Gasteiger partial charge in [0, 0.05) is 6.42 Å². The van der Waals surface area contributed by atoms with Gasteiger partial charge < -0.3 is 9.84 Å². The molecule has 174 valence electrons. The zero-order valence-corrected chi connectivity index (χ0v) is 19.1. The van der Waals surface area contributed by atoms with Gasteiger partial charge in [-0.25, -0.2) is 4.79 Å². The predicted molar refractivity (Wildman–Crippen MR) is 121 cm³/mol. The van der Waals surface area contributed by atoms with Crippen LogP contribution >= 0.6 is 0 Å². The predicted octanol–water partition coefficient (Wildman–Crippen LogP) is 6.16. The zero-order chi connectivity index (χ0) is 22.9. The van der Waals surface area contributed by atoms with Crippen LogP contribution in [0, 0.1) is 10.1 Å². The molecule has 0 saturated heterocycles. The van der Waals surface area contributed by atoms with Gasteiger partial charge in [0.2, 0.25) is 6.20 Å². The molecule has 0 radical (unpaired) electrons. The van der Waals surface area contributed by atoms with Crippen LogP contribution in [0.25, 0.3) is 0 Å². The van der Waals surface area contributed by atoms with Crippen molar-refractivity contribution in [1.82, 2.24) is 0 Å². The molecular weight excluding hydrogens is 396 g/mol.